The number of carboxylic acid groups (broad SMARTS) is 2. The van der Waals surface area contributed by atoms with E-state index in [1.807, 2.05) is 0 Å². The summed E-state index contributed by atoms with van der Waals surface area (Å²) in [4.78, 5) is 18.2. The summed E-state index contributed by atoms with van der Waals surface area (Å²) >= 11 is 0. The van der Waals surface area contributed by atoms with E-state index in [1.165, 1.54) is 11.7 Å². The van der Waals surface area contributed by atoms with E-state index in [9.17, 15) is 0 Å². The monoisotopic (exact) mass is 258 g/mol. The number of hydrogen-bond acceptors (Lipinski definition) is 2. The van der Waals surface area contributed by atoms with Crippen molar-refractivity contribution in [1.82, 2.24) is 0 Å². The zero-order valence-electron chi connectivity index (χ0n) is 10.3. The summed E-state index contributed by atoms with van der Waals surface area (Å²) in [5, 5.41) is 14.8. The zero-order valence-corrected chi connectivity index (χ0v) is 11.3. The summed E-state index contributed by atoms with van der Waals surface area (Å²) in [7, 11) is -0.898. The average Bonchev–Trinajstić information content (AvgIpc) is 2.17. The Morgan fingerprint density at radius 3 is 1.71 bits per heavy atom. The Morgan fingerprint density at radius 2 is 1.41 bits per heavy atom. The van der Waals surface area contributed by atoms with Crippen LogP contribution in [-0.2, 0) is 15.8 Å². The molecular formula is C12H19O4P. The first-order valence-corrected chi connectivity index (χ1v) is 8.93. The SMILES string of the molecule is C[PH](C)(C)Cc1ccccc1.O=C(O)C(=O)O. The van der Waals surface area contributed by atoms with E-state index in [0.717, 1.165) is 0 Å². The van der Waals surface area contributed by atoms with Crippen LogP contribution in [0, 0.1) is 0 Å². The molecule has 0 spiro atoms. The third kappa shape index (κ3) is 9.52. The Balaban J connectivity index is 0.000000366. The summed E-state index contributed by atoms with van der Waals surface area (Å²) in [5.74, 6) is -3.65. The summed E-state index contributed by atoms with van der Waals surface area (Å²) in [6.07, 6.45) is 1.30. The molecule has 0 aliphatic heterocycles. The molecule has 0 unspecified atom stereocenters. The minimum Gasteiger partial charge on any atom is -0.473 e. The smallest absolute Gasteiger partial charge is 0.414 e. The molecule has 1 rings (SSSR count). The third-order valence-electron chi connectivity index (χ3n) is 1.76. The third-order valence-corrected chi connectivity index (χ3v) is 3.23. The normalized spacial score (nSPS) is 11.0. The number of rotatable bonds is 2. The molecule has 1 aromatic carbocycles. The van der Waals surface area contributed by atoms with Gasteiger partial charge in [-0.25, -0.2) is 9.59 Å². The fourth-order valence-corrected chi connectivity index (χ4v) is 2.67. The van der Waals surface area contributed by atoms with Crippen molar-refractivity contribution in [3.63, 3.8) is 0 Å². The van der Waals surface area contributed by atoms with Crippen LogP contribution in [0.25, 0.3) is 0 Å². The molecular weight excluding hydrogens is 239 g/mol. The molecule has 0 radical (unpaired) electrons. The molecule has 1 aromatic rings. The van der Waals surface area contributed by atoms with Gasteiger partial charge in [-0.15, -0.1) is 0 Å². The molecule has 0 aromatic heterocycles. The molecule has 0 atom stereocenters. The maximum Gasteiger partial charge on any atom is 0.414 e. The van der Waals surface area contributed by atoms with Crippen LogP contribution >= 0.6 is 7.26 Å². The van der Waals surface area contributed by atoms with Crippen molar-refractivity contribution in [3.05, 3.63) is 35.9 Å². The molecule has 2 N–H and O–H groups in total. The van der Waals surface area contributed by atoms with E-state index < -0.39 is 19.2 Å². The molecule has 0 fully saturated rings. The first-order valence-electron chi connectivity index (χ1n) is 5.22. The van der Waals surface area contributed by atoms with E-state index >= 15 is 0 Å². The van der Waals surface area contributed by atoms with Crippen molar-refractivity contribution >= 4 is 19.2 Å². The predicted molar refractivity (Wildman–Crippen MR) is 71.5 cm³/mol. The number of carbonyl (C=O) groups is 2. The number of hydrogen-bond donors (Lipinski definition) is 2. The van der Waals surface area contributed by atoms with E-state index in [2.05, 4.69) is 50.3 Å². The van der Waals surface area contributed by atoms with Gasteiger partial charge < -0.3 is 10.2 Å². The number of carboxylic acids is 2. The van der Waals surface area contributed by atoms with Crippen LogP contribution < -0.4 is 0 Å². The van der Waals surface area contributed by atoms with Gasteiger partial charge in [0.2, 0.25) is 0 Å². The summed E-state index contributed by atoms with van der Waals surface area (Å²) in [6, 6.07) is 10.8. The Morgan fingerprint density at radius 1 is 1.00 bits per heavy atom. The van der Waals surface area contributed by atoms with Crippen LogP contribution in [0.15, 0.2) is 30.3 Å². The summed E-state index contributed by atoms with van der Waals surface area (Å²) in [6.45, 7) is 7.21. The summed E-state index contributed by atoms with van der Waals surface area (Å²) in [5.41, 5.74) is 1.49. The topological polar surface area (TPSA) is 74.6 Å². The van der Waals surface area contributed by atoms with Gasteiger partial charge in [0.1, 0.15) is 0 Å². The average molecular weight is 258 g/mol. The Bertz CT molecular complexity index is 356. The van der Waals surface area contributed by atoms with Crippen molar-refractivity contribution in [1.29, 1.82) is 0 Å². The molecule has 0 aliphatic rings. The standard InChI is InChI=1S/C10H17P.C2H2O4/c1-11(2,3)9-10-7-5-4-6-8-10;3-1(4)2(5)6/h4-8,11H,9H2,1-3H3;(H,3,4)(H,5,6). The van der Waals surface area contributed by atoms with Crippen LogP contribution in [0.5, 0.6) is 0 Å². The maximum atomic E-state index is 9.10. The van der Waals surface area contributed by atoms with Crippen molar-refractivity contribution in [2.75, 3.05) is 20.0 Å². The van der Waals surface area contributed by atoms with Crippen molar-refractivity contribution in [2.24, 2.45) is 0 Å². The van der Waals surface area contributed by atoms with Gasteiger partial charge in [0.25, 0.3) is 0 Å². The largest absolute Gasteiger partial charge is 0.473 e. The first kappa shape index (κ1) is 15.6. The van der Waals surface area contributed by atoms with Gasteiger partial charge in [-0.1, -0.05) is 0 Å². The second-order valence-electron chi connectivity index (χ2n) is 4.83. The van der Waals surface area contributed by atoms with Crippen molar-refractivity contribution in [3.8, 4) is 0 Å². The second-order valence-corrected chi connectivity index (χ2v) is 10.3. The predicted octanol–water partition coefficient (Wildman–Crippen LogP) is 1.98. The fourth-order valence-electron chi connectivity index (χ4n) is 1.21. The van der Waals surface area contributed by atoms with Gasteiger partial charge >= 0.3 is 81.3 Å². The molecule has 0 heterocycles. The van der Waals surface area contributed by atoms with Gasteiger partial charge in [-0.3, -0.25) is 0 Å². The quantitative estimate of drug-likeness (QED) is 0.628. The van der Waals surface area contributed by atoms with E-state index in [4.69, 9.17) is 19.8 Å². The fraction of sp³-hybridized carbons (Fsp3) is 0.333. The van der Waals surface area contributed by atoms with Gasteiger partial charge in [-0.05, 0) is 0 Å². The van der Waals surface area contributed by atoms with E-state index in [0.29, 0.717) is 0 Å². The second kappa shape index (κ2) is 7.02. The van der Waals surface area contributed by atoms with Gasteiger partial charge in [0.15, 0.2) is 0 Å². The van der Waals surface area contributed by atoms with Gasteiger partial charge in [0.05, 0.1) is 0 Å². The maximum absolute atomic E-state index is 9.10. The molecule has 17 heavy (non-hydrogen) atoms. The van der Waals surface area contributed by atoms with Crippen LogP contribution in [0.3, 0.4) is 0 Å². The molecule has 96 valence electrons. The number of benzene rings is 1. The molecule has 0 saturated heterocycles. The summed E-state index contributed by atoms with van der Waals surface area (Å²) < 4.78 is 0. The van der Waals surface area contributed by atoms with Crippen LogP contribution in [0.1, 0.15) is 5.56 Å². The van der Waals surface area contributed by atoms with Crippen molar-refractivity contribution < 1.29 is 19.8 Å². The van der Waals surface area contributed by atoms with Gasteiger partial charge in [-0.2, -0.15) is 0 Å². The van der Waals surface area contributed by atoms with Crippen LogP contribution in [0.4, 0.5) is 0 Å². The Labute approximate surface area is 102 Å². The Hall–Kier alpha value is -1.41. The molecule has 5 heteroatoms. The molecule has 0 saturated carbocycles. The van der Waals surface area contributed by atoms with Crippen molar-refractivity contribution in [2.45, 2.75) is 6.16 Å². The van der Waals surface area contributed by atoms with E-state index in [1.54, 1.807) is 0 Å². The Kier molecular flexibility index (Phi) is 6.44. The van der Waals surface area contributed by atoms with Crippen LogP contribution in [-0.4, -0.2) is 42.1 Å². The molecule has 0 amide bonds. The molecule has 0 aliphatic carbocycles. The molecule has 4 nitrogen and oxygen atoms in total. The minimum atomic E-state index is -1.82. The minimum absolute atomic E-state index is 0.898. The molecule has 0 bridgehead atoms. The van der Waals surface area contributed by atoms with E-state index in [-0.39, 0.29) is 0 Å². The van der Waals surface area contributed by atoms with Gasteiger partial charge in [0, 0.05) is 0 Å². The first-order chi connectivity index (χ1) is 7.72. The number of aliphatic carboxylic acids is 2. The van der Waals surface area contributed by atoms with Crippen LogP contribution in [0.2, 0.25) is 0 Å². The zero-order chi connectivity index (χ0) is 13.5.